The van der Waals surface area contributed by atoms with Gasteiger partial charge in [-0.05, 0) is 30.3 Å². The van der Waals surface area contributed by atoms with Gasteiger partial charge >= 0.3 is 0 Å². The molecule has 1 saturated heterocycles. The standard InChI is InChI=1S/C26H24ClN5O2/c1-34-21-9-5-7-19(17-21)28-26(33)24-22-10-2-3-11-23(22)25(30-29-24)32-14-12-31(13-15-32)20-8-4-6-18(27)16-20/h2-11,16-17H,12-15H2,1H3,(H,28,33). The first-order chi connectivity index (χ1) is 16.6. The van der Waals surface area contributed by atoms with Crippen LogP contribution in [0.5, 0.6) is 5.75 Å². The van der Waals surface area contributed by atoms with Gasteiger partial charge in [-0.3, -0.25) is 4.79 Å². The first-order valence-electron chi connectivity index (χ1n) is 11.1. The van der Waals surface area contributed by atoms with E-state index in [9.17, 15) is 4.79 Å². The second-order valence-corrected chi connectivity index (χ2v) is 8.49. The van der Waals surface area contributed by atoms with Crippen molar-refractivity contribution in [2.75, 3.05) is 48.4 Å². The lowest BCUT2D eigenvalue weighted by Crippen LogP contribution is -2.47. The van der Waals surface area contributed by atoms with Crippen LogP contribution in [0.1, 0.15) is 10.5 Å². The molecule has 34 heavy (non-hydrogen) atoms. The molecular formula is C26H24ClN5O2. The fraction of sp³-hybridized carbons (Fsp3) is 0.192. The molecule has 5 rings (SSSR count). The quantitative estimate of drug-likeness (QED) is 0.446. The van der Waals surface area contributed by atoms with Crippen LogP contribution in [0.3, 0.4) is 0 Å². The van der Waals surface area contributed by atoms with Gasteiger partial charge in [-0.1, -0.05) is 48.0 Å². The minimum Gasteiger partial charge on any atom is -0.497 e. The van der Waals surface area contributed by atoms with Gasteiger partial charge in [0.25, 0.3) is 5.91 Å². The van der Waals surface area contributed by atoms with Gasteiger partial charge in [0.1, 0.15) is 5.75 Å². The van der Waals surface area contributed by atoms with Gasteiger partial charge < -0.3 is 19.9 Å². The molecule has 1 N–H and O–H groups in total. The summed E-state index contributed by atoms with van der Waals surface area (Å²) in [5.74, 6) is 1.15. The van der Waals surface area contributed by atoms with Crippen LogP contribution in [0.2, 0.25) is 5.02 Å². The topological polar surface area (TPSA) is 70.6 Å². The van der Waals surface area contributed by atoms with Crippen molar-refractivity contribution >= 4 is 45.5 Å². The molecule has 1 aliphatic rings. The molecule has 1 aromatic heterocycles. The lowest BCUT2D eigenvalue weighted by atomic mass is 10.1. The van der Waals surface area contributed by atoms with E-state index in [2.05, 4.69) is 31.4 Å². The molecule has 2 heterocycles. The Morgan fingerprint density at radius 2 is 1.62 bits per heavy atom. The van der Waals surface area contributed by atoms with Gasteiger partial charge in [-0.25, -0.2) is 0 Å². The van der Waals surface area contributed by atoms with Gasteiger partial charge in [-0.2, -0.15) is 0 Å². The number of amides is 1. The Kier molecular flexibility index (Phi) is 6.18. The number of ether oxygens (including phenoxy) is 1. The maximum atomic E-state index is 13.1. The maximum Gasteiger partial charge on any atom is 0.276 e. The van der Waals surface area contributed by atoms with E-state index in [4.69, 9.17) is 16.3 Å². The van der Waals surface area contributed by atoms with Crippen molar-refractivity contribution in [2.45, 2.75) is 0 Å². The van der Waals surface area contributed by atoms with Crippen LogP contribution >= 0.6 is 11.6 Å². The second-order valence-electron chi connectivity index (χ2n) is 8.06. The average molecular weight is 474 g/mol. The summed E-state index contributed by atoms with van der Waals surface area (Å²) >= 11 is 6.17. The van der Waals surface area contributed by atoms with Crippen LogP contribution in [-0.4, -0.2) is 49.4 Å². The normalized spacial score (nSPS) is 13.7. The van der Waals surface area contributed by atoms with Crippen LogP contribution in [0.15, 0.2) is 72.8 Å². The van der Waals surface area contributed by atoms with Crippen molar-refractivity contribution in [2.24, 2.45) is 0 Å². The van der Waals surface area contributed by atoms with E-state index in [0.29, 0.717) is 17.1 Å². The van der Waals surface area contributed by atoms with Gasteiger partial charge in [0.15, 0.2) is 11.5 Å². The minimum absolute atomic E-state index is 0.291. The molecule has 0 bridgehead atoms. The molecule has 4 aromatic rings. The summed E-state index contributed by atoms with van der Waals surface area (Å²) < 4.78 is 5.24. The number of methoxy groups -OCH3 is 1. The lowest BCUT2D eigenvalue weighted by molar-refractivity contribution is 0.102. The molecule has 1 amide bonds. The number of piperazine rings is 1. The molecule has 0 atom stereocenters. The number of rotatable bonds is 5. The summed E-state index contributed by atoms with van der Waals surface area (Å²) in [6.07, 6.45) is 0. The zero-order chi connectivity index (χ0) is 23.5. The number of anilines is 3. The Morgan fingerprint density at radius 3 is 2.38 bits per heavy atom. The largest absolute Gasteiger partial charge is 0.497 e. The molecule has 1 fully saturated rings. The van der Waals surface area contributed by atoms with E-state index in [-0.39, 0.29) is 5.91 Å². The smallest absolute Gasteiger partial charge is 0.276 e. The average Bonchev–Trinajstić information content (AvgIpc) is 2.88. The van der Waals surface area contributed by atoms with E-state index >= 15 is 0 Å². The van der Waals surface area contributed by atoms with Gasteiger partial charge in [-0.15, -0.1) is 10.2 Å². The zero-order valence-corrected chi connectivity index (χ0v) is 19.5. The number of halogens is 1. The highest BCUT2D eigenvalue weighted by molar-refractivity contribution is 6.30. The number of carbonyl (C=O) groups excluding carboxylic acids is 1. The molecule has 0 aliphatic carbocycles. The highest BCUT2D eigenvalue weighted by Crippen LogP contribution is 2.29. The van der Waals surface area contributed by atoms with E-state index in [1.807, 2.05) is 60.7 Å². The van der Waals surface area contributed by atoms with E-state index < -0.39 is 0 Å². The molecule has 1 aliphatic heterocycles. The van der Waals surface area contributed by atoms with E-state index in [1.165, 1.54) is 0 Å². The van der Waals surface area contributed by atoms with Crippen LogP contribution in [0, 0.1) is 0 Å². The molecule has 0 saturated carbocycles. The molecule has 0 radical (unpaired) electrons. The fourth-order valence-corrected chi connectivity index (χ4v) is 4.42. The first kappa shape index (κ1) is 22.0. The summed E-state index contributed by atoms with van der Waals surface area (Å²) in [7, 11) is 1.59. The highest BCUT2D eigenvalue weighted by atomic mass is 35.5. The number of aromatic nitrogens is 2. The van der Waals surface area contributed by atoms with Crippen LogP contribution < -0.4 is 19.9 Å². The molecule has 172 valence electrons. The number of nitrogens with zero attached hydrogens (tertiary/aromatic N) is 4. The molecular weight excluding hydrogens is 450 g/mol. The third-order valence-corrected chi connectivity index (χ3v) is 6.20. The summed E-state index contributed by atoms with van der Waals surface area (Å²) in [6.45, 7) is 3.27. The Hall–Kier alpha value is -3.84. The molecule has 7 nitrogen and oxygen atoms in total. The number of carbonyl (C=O) groups is 1. The van der Waals surface area contributed by atoms with Crippen LogP contribution in [-0.2, 0) is 0 Å². The van der Waals surface area contributed by atoms with Crippen molar-refractivity contribution in [1.82, 2.24) is 10.2 Å². The monoisotopic (exact) mass is 473 g/mol. The Bertz CT molecular complexity index is 1340. The Labute approximate surface area is 202 Å². The number of hydrogen-bond acceptors (Lipinski definition) is 6. The highest BCUT2D eigenvalue weighted by Gasteiger charge is 2.23. The van der Waals surface area contributed by atoms with E-state index in [0.717, 1.165) is 53.5 Å². The van der Waals surface area contributed by atoms with Crippen molar-refractivity contribution in [3.05, 3.63) is 83.5 Å². The molecule has 0 unspecified atom stereocenters. The number of hydrogen-bond donors (Lipinski definition) is 1. The van der Waals surface area contributed by atoms with Gasteiger partial charge in [0, 0.05) is 59.4 Å². The third-order valence-electron chi connectivity index (χ3n) is 5.96. The number of nitrogens with one attached hydrogen (secondary N) is 1. The van der Waals surface area contributed by atoms with Crippen molar-refractivity contribution in [3.8, 4) is 5.75 Å². The lowest BCUT2D eigenvalue weighted by Gasteiger charge is -2.37. The maximum absolute atomic E-state index is 13.1. The SMILES string of the molecule is COc1cccc(NC(=O)c2nnc(N3CCN(c4cccc(Cl)c4)CC3)c3ccccc23)c1. The summed E-state index contributed by atoms with van der Waals surface area (Å²) in [4.78, 5) is 17.6. The van der Waals surface area contributed by atoms with E-state index in [1.54, 1.807) is 13.2 Å². The summed E-state index contributed by atoms with van der Waals surface area (Å²) in [5, 5.41) is 14.1. The van der Waals surface area contributed by atoms with Gasteiger partial charge in [0.2, 0.25) is 0 Å². The van der Waals surface area contributed by atoms with Crippen LogP contribution in [0.4, 0.5) is 17.2 Å². The minimum atomic E-state index is -0.311. The van der Waals surface area contributed by atoms with Crippen LogP contribution in [0.25, 0.3) is 10.8 Å². The fourth-order valence-electron chi connectivity index (χ4n) is 4.23. The zero-order valence-electron chi connectivity index (χ0n) is 18.7. The predicted octanol–water partition coefficient (Wildman–Crippen LogP) is 4.87. The van der Waals surface area contributed by atoms with Crippen molar-refractivity contribution in [1.29, 1.82) is 0 Å². The molecule has 0 spiro atoms. The second kappa shape index (κ2) is 9.57. The first-order valence-corrected chi connectivity index (χ1v) is 11.5. The summed E-state index contributed by atoms with van der Waals surface area (Å²) in [6, 6.07) is 22.9. The number of fused-ring (bicyclic) bond motifs is 1. The molecule has 3 aromatic carbocycles. The third kappa shape index (κ3) is 4.47. The van der Waals surface area contributed by atoms with Gasteiger partial charge in [0.05, 0.1) is 7.11 Å². The predicted molar refractivity (Wildman–Crippen MR) is 136 cm³/mol. The van der Waals surface area contributed by atoms with Crippen molar-refractivity contribution in [3.63, 3.8) is 0 Å². The van der Waals surface area contributed by atoms with Crippen molar-refractivity contribution < 1.29 is 9.53 Å². The molecule has 8 heteroatoms. The summed E-state index contributed by atoms with van der Waals surface area (Å²) in [5.41, 5.74) is 2.05. The Morgan fingerprint density at radius 1 is 0.882 bits per heavy atom. The Balaban J connectivity index is 1.38. The number of benzene rings is 3.